The lowest BCUT2D eigenvalue weighted by atomic mass is 9.48. The van der Waals surface area contributed by atoms with E-state index in [2.05, 4.69) is 58.1 Å². The van der Waals surface area contributed by atoms with Crippen molar-refractivity contribution in [3.8, 4) is 17.1 Å². The SMILES string of the molecule is Cc1cccc(-c2nnc(SCC(=O)C34CC5CC(CC(C5)C3)C4)n2-c2ccccc2)c1. The largest absolute Gasteiger partial charge is 0.298 e. The van der Waals surface area contributed by atoms with E-state index in [1.165, 1.54) is 24.8 Å². The third kappa shape index (κ3) is 3.51. The first-order chi connectivity index (χ1) is 15.6. The van der Waals surface area contributed by atoms with Crippen molar-refractivity contribution in [3.05, 3.63) is 60.2 Å². The monoisotopic (exact) mass is 443 g/mol. The summed E-state index contributed by atoms with van der Waals surface area (Å²) in [5, 5.41) is 9.89. The minimum Gasteiger partial charge on any atom is -0.298 e. The number of benzene rings is 2. The van der Waals surface area contributed by atoms with Crippen LogP contribution < -0.4 is 0 Å². The van der Waals surface area contributed by atoms with E-state index < -0.39 is 0 Å². The second-order valence-electron chi connectivity index (χ2n) is 10.3. The van der Waals surface area contributed by atoms with Gasteiger partial charge in [0.15, 0.2) is 11.0 Å². The molecule has 0 radical (unpaired) electrons. The summed E-state index contributed by atoms with van der Waals surface area (Å²) in [5.74, 6) is 4.12. The number of aryl methyl sites for hydroxylation is 1. The number of Topliss-reactive ketones (excluding diaryl/α,β-unsaturated/α-hetero) is 1. The van der Waals surface area contributed by atoms with Crippen LogP contribution in [0.3, 0.4) is 0 Å². The van der Waals surface area contributed by atoms with Gasteiger partial charge in [0.05, 0.1) is 5.75 Å². The van der Waals surface area contributed by atoms with E-state index in [4.69, 9.17) is 0 Å². The fourth-order valence-corrected chi connectivity index (χ4v) is 7.87. The predicted molar refractivity (Wildman–Crippen MR) is 128 cm³/mol. The van der Waals surface area contributed by atoms with Crippen molar-refractivity contribution in [3.63, 3.8) is 0 Å². The molecular formula is C27H29N3OS. The highest BCUT2D eigenvalue weighted by atomic mass is 32.2. The first-order valence-electron chi connectivity index (χ1n) is 11.8. The minimum atomic E-state index is -0.0568. The quantitative estimate of drug-likeness (QED) is 0.431. The number of carbonyl (C=O) groups excluding carboxylic acids is 1. The van der Waals surface area contributed by atoms with Gasteiger partial charge in [0.1, 0.15) is 5.78 Å². The molecule has 0 unspecified atom stereocenters. The fraction of sp³-hybridized carbons (Fsp3) is 0.444. The summed E-state index contributed by atoms with van der Waals surface area (Å²) in [6, 6.07) is 18.6. The van der Waals surface area contributed by atoms with Gasteiger partial charge in [-0.1, -0.05) is 53.7 Å². The molecule has 0 saturated heterocycles. The van der Waals surface area contributed by atoms with Gasteiger partial charge in [0.25, 0.3) is 0 Å². The Morgan fingerprint density at radius 2 is 1.66 bits per heavy atom. The van der Waals surface area contributed by atoms with E-state index in [1.807, 2.05) is 18.2 Å². The van der Waals surface area contributed by atoms with Crippen molar-refractivity contribution >= 4 is 17.5 Å². The van der Waals surface area contributed by atoms with Gasteiger partial charge in [-0.2, -0.15) is 0 Å². The van der Waals surface area contributed by atoms with Crippen molar-refractivity contribution in [2.75, 3.05) is 5.75 Å². The van der Waals surface area contributed by atoms with Crippen molar-refractivity contribution < 1.29 is 4.79 Å². The molecule has 4 aliphatic carbocycles. The maximum Gasteiger partial charge on any atom is 0.196 e. The zero-order chi connectivity index (χ0) is 21.7. The van der Waals surface area contributed by atoms with Crippen molar-refractivity contribution in [2.24, 2.45) is 23.2 Å². The fourth-order valence-electron chi connectivity index (χ4n) is 6.88. The topological polar surface area (TPSA) is 47.8 Å². The van der Waals surface area contributed by atoms with Crippen LogP contribution in [0.4, 0.5) is 0 Å². The van der Waals surface area contributed by atoms with E-state index in [0.29, 0.717) is 11.5 Å². The van der Waals surface area contributed by atoms with E-state index in [9.17, 15) is 4.79 Å². The van der Waals surface area contributed by atoms with Crippen LogP contribution in [0.1, 0.15) is 44.1 Å². The van der Waals surface area contributed by atoms with Gasteiger partial charge in [0.2, 0.25) is 0 Å². The summed E-state index contributed by atoms with van der Waals surface area (Å²) < 4.78 is 2.10. The maximum absolute atomic E-state index is 13.6. The van der Waals surface area contributed by atoms with Gasteiger partial charge >= 0.3 is 0 Å². The van der Waals surface area contributed by atoms with Crippen LogP contribution in [0, 0.1) is 30.1 Å². The minimum absolute atomic E-state index is 0.0568. The number of hydrogen-bond donors (Lipinski definition) is 0. The van der Waals surface area contributed by atoms with E-state index in [1.54, 1.807) is 11.8 Å². The molecule has 4 nitrogen and oxygen atoms in total. The van der Waals surface area contributed by atoms with Crippen molar-refractivity contribution in [1.29, 1.82) is 0 Å². The second-order valence-corrected chi connectivity index (χ2v) is 11.2. The molecular weight excluding hydrogens is 414 g/mol. The average Bonchev–Trinajstić information content (AvgIpc) is 3.21. The third-order valence-electron chi connectivity index (χ3n) is 7.89. The molecule has 0 amide bonds. The van der Waals surface area contributed by atoms with Crippen LogP contribution in [-0.2, 0) is 4.79 Å². The van der Waals surface area contributed by atoms with Crippen LogP contribution in [-0.4, -0.2) is 26.3 Å². The Morgan fingerprint density at radius 3 is 2.31 bits per heavy atom. The van der Waals surface area contributed by atoms with Gasteiger partial charge in [-0.15, -0.1) is 10.2 Å². The Bertz CT molecular complexity index is 1120. The molecule has 0 atom stereocenters. The lowest BCUT2D eigenvalue weighted by Gasteiger charge is -2.56. The Labute approximate surface area is 193 Å². The molecule has 0 spiro atoms. The van der Waals surface area contributed by atoms with Gasteiger partial charge in [-0.05, 0) is 81.4 Å². The number of thioether (sulfide) groups is 1. The van der Waals surface area contributed by atoms with Gasteiger partial charge in [-0.25, -0.2) is 0 Å². The van der Waals surface area contributed by atoms with E-state index in [0.717, 1.165) is 59.2 Å². The number of carbonyl (C=O) groups is 1. The molecule has 2 aromatic carbocycles. The van der Waals surface area contributed by atoms with Crippen LogP contribution in [0.2, 0.25) is 0 Å². The number of aromatic nitrogens is 3. The number of para-hydroxylation sites is 1. The summed E-state index contributed by atoms with van der Waals surface area (Å²) in [6.07, 6.45) is 7.46. The highest BCUT2D eigenvalue weighted by Crippen LogP contribution is 2.60. The van der Waals surface area contributed by atoms with Crippen LogP contribution in [0.15, 0.2) is 59.8 Å². The summed E-state index contributed by atoms with van der Waals surface area (Å²) in [7, 11) is 0. The van der Waals surface area contributed by atoms with Crippen LogP contribution >= 0.6 is 11.8 Å². The third-order valence-corrected chi connectivity index (χ3v) is 8.82. The predicted octanol–water partition coefficient (Wildman–Crippen LogP) is 6.12. The molecule has 1 aromatic heterocycles. The molecule has 164 valence electrons. The zero-order valence-electron chi connectivity index (χ0n) is 18.5. The summed E-state index contributed by atoms with van der Waals surface area (Å²) in [4.78, 5) is 13.6. The Balaban J connectivity index is 1.29. The van der Waals surface area contributed by atoms with Gasteiger partial charge in [0, 0.05) is 16.7 Å². The van der Waals surface area contributed by atoms with Crippen molar-refractivity contribution in [2.45, 2.75) is 50.6 Å². The van der Waals surface area contributed by atoms with Crippen LogP contribution in [0.25, 0.3) is 17.1 Å². The first kappa shape index (κ1) is 20.2. The van der Waals surface area contributed by atoms with Gasteiger partial charge < -0.3 is 0 Å². The first-order valence-corrected chi connectivity index (χ1v) is 12.8. The number of rotatable bonds is 6. The molecule has 32 heavy (non-hydrogen) atoms. The standard InChI is InChI=1S/C27H29N3OS/c1-18-6-5-7-22(10-18)25-28-29-26(30(25)23-8-3-2-4-9-23)32-17-24(31)27-14-19-11-20(15-27)13-21(12-19)16-27/h2-10,19-21H,11-17H2,1H3. The van der Waals surface area contributed by atoms with E-state index >= 15 is 0 Å². The summed E-state index contributed by atoms with van der Waals surface area (Å²) >= 11 is 1.56. The smallest absolute Gasteiger partial charge is 0.196 e. The molecule has 1 heterocycles. The Hall–Kier alpha value is -2.40. The molecule has 4 aliphatic rings. The molecule has 0 aliphatic heterocycles. The summed E-state index contributed by atoms with van der Waals surface area (Å²) in [5.41, 5.74) is 3.20. The Kier molecular flexibility index (Phi) is 4.98. The molecule has 4 fully saturated rings. The second kappa shape index (κ2) is 7.87. The number of ketones is 1. The lowest BCUT2D eigenvalue weighted by molar-refractivity contribution is -0.141. The molecule has 4 bridgehead atoms. The number of hydrogen-bond acceptors (Lipinski definition) is 4. The normalized spacial score (nSPS) is 28.2. The maximum atomic E-state index is 13.6. The highest BCUT2D eigenvalue weighted by Gasteiger charge is 2.54. The zero-order valence-corrected chi connectivity index (χ0v) is 19.4. The molecule has 0 N–H and O–H groups in total. The Morgan fingerprint density at radius 1 is 0.969 bits per heavy atom. The molecule has 4 saturated carbocycles. The van der Waals surface area contributed by atoms with Crippen molar-refractivity contribution in [1.82, 2.24) is 14.8 Å². The van der Waals surface area contributed by atoms with E-state index in [-0.39, 0.29) is 5.41 Å². The number of nitrogens with zero attached hydrogens (tertiary/aromatic N) is 3. The van der Waals surface area contributed by atoms with Gasteiger partial charge in [-0.3, -0.25) is 9.36 Å². The molecule has 3 aromatic rings. The average molecular weight is 444 g/mol. The highest BCUT2D eigenvalue weighted by molar-refractivity contribution is 7.99. The molecule has 5 heteroatoms. The van der Waals surface area contributed by atoms with Crippen LogP contribution in [0.5, 0.6) is 0 Å². The lowest BCUT2D eigenvalue weighted by Crippen LogP contribution is -2.50. The summed E-state index contributed by atoms with van der Waals surface area (Å²) in [6.45, 7) is 2.09. The molecule has 7 rings (SSSR count).